The molecule has 0 atom stereocenters. The van der Waals surface area contributed by atoms with Gasteiger partial charge in [0, 0.05) is 16.8 Å². The van der Waals surface area contributed by atoms with Crippen LogP contribution in [-0.2, 0) is 0 Å². The molecule has 2 aromatic rings. The van der Waals surface area contributed by atoms with E-state index < -0.39 is 0 Å². The van der Waals surface area contributed by atoms with Crippen LogP contribution in [0, 0.1) is 0 Å². The van der Waals surface area contributed by atoms with Crippen molar-refractivity contribution in [3.63, 3.8) is 0 Å². The van der Waals surface area contributed by atoms with Crippen molar-refractivity contribution in [1.29, 1.82) is 0 Å². The predicted octanol–water partition coefficient (Wildman–Crippen LogP) is 2.80. The van der Waals surface area contributed by atoms with Gasteiger partial charge in [-0.3, -0.25) is 14.2 Å². The van der Waals surface area contributed by atoms with Gasteiger partial charge in [-0.2, -0.15) is 0 Å². The van der Waals surface area contributed by atoms with Crippen molar-refractivity contribution < 1.29 is 4.79 Å². The first-order chi connectivity index (χ1) is 8.24. The van der Waals surface area contributed by atoms with Gasteiger partial charge in [0.15, 0.2) is 6.29 Å². The number of nitrogens with zero attached hydrogens (tertiary/aromatic N) is 1. The fourth-order valence-electron chi connectivity index (χ4n) is 2.14. The summed E-state index contributed by atoms with van der Waals surface area (Å²) in [6.45, 7) is 0. The smallest absolute Gasteiger partial charge is 0.259 e. The summed E-state index contributed by atoms with van der Waals surface area (Å²) in [7, 11) is 0. The third-order valence-electron chi connectivity index (χ3n) is 3.13. The summed E-state index contributed by atoms with van der Waals surface area (Å²) in [5, 5.41) is 1.46. The summed E-state index contributed by atoms with van der Waals surface area (Å²) >= 11 is 6.16. The highest BCUT2D eigenvalue weighted by molar-refractivity contribution is 6.33. The van der Waals surface area contributed by atoms with E-state index in [1.165, 1.54) is 0 Å². The molecule has 4 heteroatoms. The van der Waals surface area contributed by atoms with Crippen LogP contribution in [0.25, 0.3) is 10.8 Å². The minimum atomic E-state index is -0.0984. The molecule has 1 heterocycles. The van der Waals surface area contributed by atoms with E-state index in [0.29, 0.717) is 16.3 Å². The number of fused-ring (bicyclic) bond motifs is 1. The number of aldehydes is 1. The van der Waals surface area contributed by atoms with Gasteiger partial charge in [0.1, 0.15) is 5.15 Å². The Morgan fingerprint density at radius 3 is 2.47 bits per heavy atom. The first kappa shape index (κ1) is 10.5. The van der Waals surface area contributed by atoms with E-state index in [2.05, 4.69) is 0 Å². The molecule has 0 N–H and O–H groups in total. The van der Waals surface area contributed by atoms with Gasteiger partial charge in [-0.25, -0.2) is 0 Å². The molecule has 0 aliphatic heterocycles. The molecule has 1 aliphatic rings. The highest BCUT2D eigenvalue weighted by atomic mass is 35.5. The van der Waals surface area contributed by atoms with Gasteiger partial charge in [0.2, 0.25) is 0 Å². The van der Waals surface area contributed by atoms with E-state index in [9.17, 15) is 9.59 Å². The molecular weight excluding hydrogens is 238 g/mol. The Morgan fingerprint density at radius 2 is 1.88 bits per heavy atom. The number of halogens is 1. The molecule has 1 aliphatic carbocycles. The van der Waals surface area contributed by atoms with Crippen LogP contribution in [0.15, 0.2) is 29.1 Å². The van der Waals surface area contributed by atoms with Crippen LogP contribution in [0.1, 0.15) is 29.2 Å². The number of hydrogen-bond acceptors (Lipinski definition) is 2. The lowest BCUT2D eigenvalue weighted by molar-refractivity contribution is 0.112. The van der Waals surface area contributed by atoms with Crippen LogP contribution in [0.3, 0.4) is 0 Å². The second kappa shape index (κ2) is 3.70. The zero-order valence-corrected chi connectivity index (χ0v) is 9.78. The average molecular weight is 248 g/mol. The second-order valence-electron chi connectivity index (χ2n) is 4.27. The Bertz CT molecular complexity index is 671. The minimum absolute atomic E-state index is 0.0984. The Hall–Kier alpha value is -1.61. The molecule has 1 fully saturated rings. The largest absolute Gasteiger partial charge is 0.298 e. The molecule has 1 aromatic carbocycles. The number of hydrogen-bond donors (Lipinski definition) is 0. The normalized spacial score (nSPS) is 15.1. The molecule has 0 unspecified atom stereocenters. The minimum Gasteiger partial charge on any atom is -0.298 e. The molecule has 1 aromatic heterocycles. The predicted molar refractivity (Wildman–Crippen MR) is 66.9 cm³/mol. The first-order valence-electron chi connectivity index (χ1n) is 5.52. The molecular formula is C13H10ClNO2. The Kier molecular flexibility index (Phi) is 2.30. The number of pyridine rings is 1. The highest BCUT2D eigenvalue weighted by Crippen LogP contribution is 2.37. The zero-order chi connectivity index (χ0) is 12.0. The maximum atomic E-state index is 12.3. The van der Waals surface area contributed by atoms with Crippen LogP contribution < -0.4 is 5.56 Å². The van der Waals surface area contributed by atoms with Crippen molar-refractivity contribution >= 4 is 28.7 Å². The summed E-state index contributed by atoms with van der Waals surface area (Å²) < 4.78 is 1.55. The first-order valence-corrected chi connectivity index (χ1v) is 5.89. The summed E-state index contributed by atoms with van der Waals surface area (Å²) in [6, 6.07) is 7.25. The third-order valence-corrected chi connectivity index (χ3v) is 3.52. The van der Waals surface area contributed by atoms with Crippen molar-refractivity contribution in [3.05, 3.63) is 45.3 Å². The number of rotatable bonds is 2. The van der Waals surface area contributed by atoms with Gasteiger partial charge < -0.3 is 0 Å². The quantitative estimate of drug-likeness (QED) is 0.605. The van der Waals surface area contributed by atoms with E-state index in [4.69, 9.17) is 11.6 Å². The van der Waals surface area contributed by atoms with Crippen LogP contribution in [0.5, 0.6) is 0 Å². The van der Waals surface area contributed by atoms with Crippen LogP contribution in [0.2, 0.25) is 5.15 Å². The van der Waals surface area contributed by atoms with Crippen molar-refractivity contribution in [2.24, 2.45) is 0 Å². The molecule has 0 amide bonds. The topological polar surface area (TPSA) is 39.1 Å². The van der Waals surface area contributed by atoms with Gasteiger partial charge in [-0.05, 0) is 18.9 Å². The highest BCUT2D eigenvalue weighted by Gasteiger charge is 2.28. The Balaban J connectivity index is 2.50. The van der Waals surface area contributed by atoms with Gasteiger partial charge in [-0.1, -0.05) is 29.8 Å². The molecule has 0 saturated heterocycles. The van der Waals surface area contributed by atoms with Crippen molar-refractivity contribution in [2.45, 2.75) is 18.9 Å². The summed E-state index contributed by atoms with van der Waals surface area (Å²) in [5.41, 5.74) is 0.312. The van der Waals surface area contributed by atoms with E-state index >= 15 is 0 Å². The van der Waals surface area contributed by atoms with Crippen molar-refractivity contribution in [1.82, 2.24) is 4.57 Å². The third kappa shape index (κ3) is 1.50. The second-order valence-corrected chi connectivity index (χ2v) is 4.63. The molecule has 86 valence electrons. The number of benzene rings is 1. The van der Waals surface area contributed by atoms with Gasteiger partial charge >= 0.3 is 0 Å². The fraction of sp³-hybridized carbons (Fsp3) is 0.231. The van der Waals surface area contributed by atoms with E-state index in [1.54, 1.807) is 28.8 Å². The molecule has 0 bridgehead atoms. The van der Waals surface area contributed by atoms with Crippen LogP contribution >= 0.6 is 11.6 Å². The molecule has 3 nitrogen and oxygen atoms in total. The van der Waals surface area contributed by atoms with Gasteiger partial charge in [0.25, 0.3) is 5.56 Å². The van der Waals surface area contributed by atoms with E-state index in [1.807, 2.05) is 0 Å². The molecule has 17 heavy (non-hydrogen) atoms. The maximum absolute atomic E-state index is 12.3. The lowest BCUT2D eigenvalue weighted by Gasteiger charge is -2.11. The standard InChI is InChI=1S/C13H10ClNO2/c14-12-11(7-16)9-3-1-2-4-10(9)13(17)15(12)8-5-6-8/h1-4,7-8H,5-6H2. The van der Waals surface area contributed by atoms with Crippen molar-refractivity contribution in [3.8, 4) is 0 Å². The molecule has 3 rings (SSSR count). The lowest BCUT2D eigenvalue weighted by Crippen LogP contribution is -2.21. The Labute approximate surface area is 103 Å². The Morgan fingerprint density at radius 1 is 1.24 bits per heavy atom. The van der Waals surface area contributed by atoms with E-state index in [-0.39, 0.29) is 16.8 Å². The monoisotopic (exact) mass is 247 g/mol. The maximum Gasteiger partial charge on any atom is 0.259 e. The lowest BCUT2D eigenvalue weighted by atomic mass is 10.1. The molecule has 0 radical (unpaired) electrons. The van der Waals surface area contributed by atoms with Gasteiger partial charge in [0.05, 0.1) is 5.56 Å². The summed E-state index contributed by atoms with van der Waals surface area (Å²) in [4.78, 5) is 23.4. The number of carbonyl (C=O) groups is 1. The SMILES string of the molecule is O=Cc1c(Cl)n(C2CC2)c(=O)c2ccccc12. The van der Waals surface area contributed by atoms with Crippen molar-refractivity contribution in [2.75, 3.05) is 0 Å². The van der Waals surface area contributed by atoms with E-state index in [0.717, 1.165) is 19.1 Å². The molecule has 0 spiro atoms. The van der Waals surface area contributed by atoms with Crippen LogP contribution in [-0.4, -0.2) is 10.9 Å². The number of carbonyl (C=O) groups excluding carboxylic acids is 1. The fourth-order valence-corrected chi connectivity index (χ4v) is 2.50. The summed E-state index contributed by atoms with van der Waals surface area (Å²) in [6.07, 6.45) is 2.63. The van der Waals surface area contributed by atoms with Gasteiger partial charge in [-0.15, -0.1) is 0 Å². The zero-order valence-electron chi connectivity index (χ0n) is 9.02. The average Bonchev–Trinajstić information content (AvgIpc) is 3.14. The summed E-state index contributed by atoms with van der Waals surface area (Å²) in [5.74, 6) is 0. The number of aromatic nitrogens is 1. The molecule has 1 saturated carbocycles. The van der Waals surface area contributed by atoms with Crippen LogP contribution in [0.4, 0.5) is 0 Å².